The Hall–Kier alpha value is -8.60. The maximum absolute atomic E-state index is 2.63. The molecule has 0 aliphatic heterocycles. The molecule has 64 heavy (non-hydrogen) atoms. The molecule has 0 amide bonds. The van der Waals surface area contributed by atoms with Crippen molar-refractivity contribution in [2.75, 3.05) is 0 Å². The fourth-order valence-electron chi connectivity index (χ4n) is 11.5. The summed E-state index contributed by atoms with van der Waals surface area (Å²) in [5, 5.41) is 9.97. The zero-order valence-electron chi connectivity index (χ0n) is 34.6. The molecule has 0 saturated carbocycles. The first-order valence-corrected chi connectivity index (χ1v) is 22.1. The zero-order chi connectivity index (χ0) is 41.6. The molecule has 0 unspecified atom stereocenters. The smallest absolute Gasteiger partial charge is 0.0811 e. The van der Waals surface area contributed by atoms with Crippen LogP contribution in [0.1, 0.15) is 0 Å². The highest BCUT2D eigenvalue weighted by atomic mass is 15.0. The Morgan fingerprint density at radius 3 is 1.02 bits per heavy atom. The molecule has 15 rings (SSSR count). The molecule has 10 aromatic carbocycles. The Morgan fingerprint density at radius 1 is 0.219 bits per heavy atom. The Bertz CT molecular complexity index is 4120. The number of hydrogen-bond donors (Lipinski definition) is 0. The van der Waals surface area contributed by atoms with Crippen LogP contribution in [0, 0.1) is 0 Å². The van der Waals surface area contributed by atoms with Gasteiger partial charge in [0, 0.05) is 54.5 Å². The van der Waals surface area contributed by atoms with Crippen LogP contribution in [0.3, 0.4) is 0 Å². The van der Waals surface area contributed by atoms with Crippen molar-refractivity contribution >= 4 is 98.3 Å². The van der Waals surface area contributed by atoms with Crippen LogP contribution in [0.5, 0.6) is 0 Å². The SMILES string of the molecule is c1ccc(-c2cccc(-n3c4ccccc4c4c3cc3c5ccccc5n5c3c4n3c4ccccc4c4cc6c(c7ccccc7n6-c6cccc(-c7ccccc7)c6)c5c43)c2)cc1. The summed E-state index contributed by atoms with van der Waals surface area (Å²) in [6.45, 7) is 0. The Kier molecular flexibility index (Phi) is 6.65. The van der Waals surface area contributed by atoms with Crippen LogP contribution in [-0.4, -0.2) is 17.9 Å². The molecule has 0 N–H and O–H groups in total. The standard InChI is InChI=1S/C60H36N4/c1-3-17-37(18-4-1)39-21-15-23-41(33-39)61-51-31-13-9-27-45(51)55-53(61)35-47-43-25-7-11-29-49(43)64-57(47)59(55)63-50-30-12-8-26-44(50)48-36-54-56(60(64)58(48)63)46-28-10-14-32-52(46)62(54)42-24-16-22-40(34-42)38-19-5-2-6-20-38/h1-36H. The quantitative estimate of drug-likeness (QED) is 0.158. The summed E-state index contributed by atoms with van der Waals surface area (Å²) in [6, 6.07) is 80.5. The summed E-state index contributed by atoms with van der Waals surface area (Å²) in [7, 11) is 0. The van der Waals surface area contributed by atoms with E-state index in [0.29, 0.717) is 0 Å². The first kappa shape index (κ1) is 34.0. The molecule has 4 nitrogen and oxygen atoms in total. The van der Waals surface area contributed by atoms with Gasteiger partial charge in [-0.15, -0.1) is 0 Å². The van der Waals surface area contributed by atoms with Crippen LogP contribution in [0.25, 0.3) is 132 Å². The fraction of sp³-hybridized carbons (Fsp3) is 0. The van der Waals surface area contributed by atoms with Gasteiger partial charge in [-0.05, 0) is 82.9 Å². The Labute approximate surface area is 366 Å². The number of hydrogen-bond acceptors (Lipinski definition) is 0. The van der Waals surface area contributed by atoms with E-state index in [1.54, 1.807) is 0 Å². The summed E-state index contributed by atoms with van der Waals surface area (Å²) in [4.78, 5) is 0. The molecule has 0 spiro atoms. The predicted octanol–water partition coefficient (Wildman–Crippen LogP) is 15.8. The van der Waals surface area contributed by atoms with Crippen molar-refractivity contribution in [2.24, 2.45) is 0 Å². The third kappa shape index (κ3) is 4.36. The average Bonchev–Trinajstić information content (AvgIpc) is 4.09. The molecule has 4 heteroatoms. The van der Waals surface area contributed by atoms with Crippen LogP contribution >= 0.6 is 0 Å². The maximum atomic E-state index is 2.63. The van der Waals surface area contributed by atoms with Gasteiger partial charge in [0.25, 0.3) is 0 Å². The molecule has 5 aromatic heterocycles. The number of rotatable bonds is 4. The zero-order valence-corrected chi connectivity index (χ0v) is 34.6. The van der Waals surface area contributed by atoms with Gasteiger partial charge in [-0.3, -0.25) is 0 Å². The van der Waals surface area contributed by atoms with E-state index in [-0.39, 0.29) is 0 Å². The lowest BCUT2D eigenvalue weighted by Crippen LogP contribution is -2.00. The van der Waals surface area contributed by atoms with Gasteiger partial charge < -0.3 is 17.9 Å². The highest BCUT2D eigenvalue weighted by molar-refractivity contribution is 6.35. The number of nitrogens with zero attached hydrogens (tertiary/aromatic N) is 4. The molecule has 5 heterocycles. The summed E-state index contributed by atoms with van der Waals surface area (Å²) < 4.78 is 10.3. The van der Waals surface area contributed by atoms with Crippen molar-refractivity contribution < 1.29 is 0 Å². The number of fused-ring (bicyclic) bond motifs is 16. The second-order valence-electron chi connectivity index (χ2n) is 17.3. The van der Waals surface area contributed by atoms with E-state index >= 15 is 0 Å². The van der Waals surface area contributed by atoms with Crippen LogP contribution < -0.4 is 0 Å². The minimum absolute atomic E-state index is 1.15. The first-order chi connectivity index (χ1) is 31.8. The molecular weight excluding hydrogens is 777 g/mol. The second kappa shape index (κ2) is 12.5. The third-order valence-electron chi connectivity index (χ3n) is 14.0. The molecule has 0 bridgehead atoms. The van der Waals surface area contributed by atoms with Crippen molar-refractivity contribution in [1.82, 2.24) is 17.9 Å². The van der Waals surface area contributed by atoms with Crippen molar-refractivity contribution in [3.05, 3.63) is 218 Å². The lowest BCUT2D eigenvalue weighted by Gasteiger charge is -2.15. The highest BCUT2D eigenvalue weighted by Crippen LogP contribution is 2.49. The predicted molar refractivity (Wildman–Crippen MR) is 269 cm³/mol. The topological polar surface area (TPSA) is 18.7 Å². The molecule has 0 fully saturated rings. The van der Waals surface area contributed by atoms with Crippen LogP contribution in [-0.2, 0) is 0 Å². The van der Waals surface area contributed by atoms with Gasteiger partial charge >= 0.3 is 0 Å². The molecule has 0 radical (unpaired) electrons. The van der Waals surface area contributed by atoms with Crippen molar-refractivity contribution in [2.45, 2.75) is 0 Å². The molecule has 0 atom stereocenters. The monoisotopic (exact) mass is 812 g/mol. The number of aromatic nitrogens is 4. The van der Waals surface area contributed by atoms with Gasteiger partial charge in [0.05, 0.1) is 55.2 Å². The van der Waals surface area contributed by atoms with Crippen LogP contribution in [0.15, 0.2) is 218 Å². The molecule has 0 aliphatic rings. The van der Waals surface area contributed by atoms with Gasteiger partial charge in [0.1, 0.15) is 0 Å². The first-order valence-electron chi connectivity index (χ1n) is 22.1. The maximum Gasteiger partial charge on any atom is 0.0811 e. The van der Waals surface area contributed by atoms with Gasteiger partial charge in [-0.1, -0.05) is 158 Å². The van der Waals surface area contributed by atoms with Crippen LogP contribution in [0.4, 0.5) is 0 Å². The fourth-order valence-corrected chi connectivity index (χ4v) is 11.5. The van der Waals surface area contributed by atoms with Gasteiger partial charge in [0.15, 0.2) is 0 Å². The highest BCUT2D eigenvalue weighted by Gasteiger charge is 2.29. The lowest BCUT2D eigenvalue weighted by atomic mass is 10.0. The lowest BCUT2D eigenvalue weighted by molar-refractivity contribution is 1.18. The Morgan fingerprint density at radius 2 is 0.578 bits per heavy atom. The van der Waals surface area contributed by atoms with E-state index in [0.717, 1.165) is 11.4 Å². The van der Waals surface area contributed by atoms with E-state index in [2.05, 4.69) is 236 Å². The summed E-state index contributed by atoms with van der Waals surface area (Å²) in [6.07, 6.45) is 0. The average molecular weight is 813 g/mol. The van der Waals surface area contributed by atoms with E-state index in [4.69, 9.17) is 0 Å². The van der Waals surface area contributed by atoms with Crippen molar-refractivity contribution in [3.63, 3.8) is 0 Å². The summed E-state index contributed by atoms with van der Waals surface area (Å²) in [5.74, 6) is 0. The molecule has 0 aliphatic carbocycles. The minimum atomic E-state index is 1.15. The Balaban J connectivity index is 1.17. The number of benzene rings is 10. The minimum Gasteiger partial charge on any atom is -0.309 e. The summed E-state index contributed by atoms with van der Waals surface area (Å²) >= 11 is 0. The molecule has 0 saturated heterocycles. The van der Waals surface area contributed by atoms with Gasteiger partial charge in [0.2, 0.25) is 0 Å². The van der Waals surface area contributed by atoms with E-state index in [9.17, 15) is 0 Å². The largest absolute Gasteiger partial charge is 0.309 e. The molecule has 15 aromatic rings. The van der Waals surface area contributed by atoms with Gasteiger partial charge in [-0.2, -0.15) is 0 Å². The van der Waals surface area contributed by atoms with E-state index < -0.39 is 0 Å². The molecule has 296 valence electrons. The van der Waals surface area contributed by atoms with E-state index in [1.807, 2.05) is 0 Å². The van der Waals surface area contributed by atoms with Gasteiger partial charge in [-0.25, -0.2) is 0 Å². The van der Waals surface area contributed by atoms with E-state index in [1.165, 1.54) is 121 Å². The van der Waals surface area contributed by atoms with Crippen molar-refractivity contribution in [1.29, 1.82) is 0 Å². The van der Waals surface area contributed by atoms with Crippen LogP contribution in [0.2, 0.25) is 0 Å². The second-order valence-corrected chi connectivity index (χ2v) is 17.3. The third-order valence-corrected chi connectivity index (χ3v) is 14.0. The molecular formula is C60H36N4. The normalized spacial score (nSPS) is 12.4. The summed E-state index contributed by atoms with van der Waals surface area (Å²) in [5.41, 5.74) is 19.2. The van der Waals surface area contributed by atoms with Crippen molar-refractivity contribution in [3.8, 4) is 33.6 Å². The number of para-hydroxylation sites is 4.